The lowest BCUT2D eigenvalue weighted by Crippen LogP contribution is -1.98. The van der Waals surface area contributed by atoms with Crippen molar-refractivity contribution >= 4 is 5.78 Å². The highest BCUT2D eigenvalue weighted by Gasteiger charge is 2.08. The first-order valence-electron chi connectivity index (χ1n) is 6.70. The first-order chi connectivity index (χ1) is 8.65. The van der Waals surface area contributed by atoms with Gasteiger partial charge in [-0.25, -0.2) is 0 Å². The molecule has 0 atom stereocenters. The van der Waals surface area contributed by atoms with E-state index in [0.29, 0.717) is 12.0 Å². The van der Waals surface area contributed by atoms with Gasteiger partial charge >= 0.3 is 0 Å². The van der Waals surface area contributed by atoms with Gasteiger partial charge in [-0.2, -0.15) is 0 Å². The summed E-state index contributed by atoms with van der Waals surface area (Å²) in [6.45, 7) is 2.18. The van der Waals surface area contributed by atoms with Crippen LogP contribution in [0, 0.1) is 0 Å². The summed E-state index contributed by atoms with van der Waals surface area (Å²) in [5.41, 5.74) is 0.471. The average molecular weight is 250 g/mol. The van der Waals surface area contributed by atoms with Crippen molar-refractivity contribution in [2.75, 3.05) is 0 Å². The Morgan fingerprint density at radius 2 is 1.67 bits per heavy atom. The second-order valence-corrected chi connectivity index (χ2v) is 4.64. The molecule has 0 aliphatic carbocycles. The molecule has 0 saturated carbocycles. The number of benzene rings is 1. The van der Waals surface area contributed by atoms with Crippen molar-refractivity contribution in [3.63, 3.8) is 0 Å². The maximum Gasteiger partial charge on any atom is 0.163 e. The first kappa shape index (κ1) is 14.6. The molecule has 100 valence electrons. The minimum Gasteiger partial charge on any atom is -0.504 e. The van der Waals surface area contributed by atoms with E-state index in [9.17, 15) is 9.90 Å². The third-order valence-electron chi connectivity index (χ3n) is 3.05. The minimum atomic E-state index is -0.233. The zero-order valence-corrected chi connectivity index (χ0v) is 11.0. The van der Waals surface area contributed by atoms with Crippen LogP contribution in [0.4, 0.5) is 0 Å². The average Bonchev–Trinajstić information content (AvgIpc) is 2.36. The number of carbonyl (C=O) groups excluding carboxylic acids is 1. The summed E-state index contributed by atoms with van der Waals surface area (Å²) in [5.74, 6) is -0.393. The molecule has 3 nitrogen and oxygen atoms in total. The Hall–Kier alpha value is -1.51. The number of rotatable bonds is 8. The highest BCUT2D eigenvalue weighted by atomic mass is 16.3. The molecule has 0 bridgehead atoms. The van der Waals surface area contributed by atoms with E-state index in [2.05, 4.69) is 6.92 Å². The van der Waals surface area contributed by atoms with Gasteiger partial charge in [0.1, 0.15) is 0 Å². The van der Waals surface area contributed by atoms with Crippen molar-refractivity contribution in [2.24, 2.45) is 0 Å². The third-order valence-corrected chi connectivity index (χ3v) is 3.05. The molecule has 1 rings (SSSR count). The van der Waals surface area contributed by atoms with Crippen molar-refractivity contribution < 1.29 is 15.0 Å². The first-order valence-corrected chi connectivity index (χ1v) is 6.70. The highest BCUT2D eigenvalue weighted by Crippen LogP contribution is 2.25. The van der Waals surface area contributed by atoms with E-state index in [1.807, 2.05) is 0 Å². The number of hydrogen-bond acceptors (Lipinski definition) is 3. The summed E-state index contributed by atoms with van der Waals surface area (Å²) in [4.78, 5) is 11.8. The van der Waals surface area contributed by atoms with Crippen molar-refractivity contribution in [1.29, 1.82) is 0 Å². The Morgan fingerprint density at radius 3 is 2.33 bits per heavy atom. The molecule has 1 aromatic carbocycles. The molecular formula is C15H22O3. The Balaban J connectivity index is 2.30. The quantitative estimate of drug-likeness (QED) is 0.416. The van der Waals surface area contributed by atoms with Crippen LogP contribution >= 0.6 is 0 Å². The number of phenols is 2. The van der Waals surface area contributed by atoms with Gasteiger partial charge in [0.15, 0.2) is 17.3 Å². The normalized spacial score (nSPS) is 10.5. The Labute approximate surface area is 108 Å². The van der Waals surface area contributed by atoms with E-state index in [0.717, 1.165) is 12.8 Å². The zero-order chi connectivity index (χ0) is 13.4. The molecule has 1 aromatic rings. The van der Waals surface area contributed by atoms with Gasteiger partial charge in [0.2, 0.25) is 0 Å². The van der Waals surface area contributed by atoms with E-state index in [1.165, 1.54) is 37.8 Å². The molecule has 0 spiro atoms. The predicted molar refractivity (Wildman–Crippen MR) is 72.1 cm³/mol. The summed E-state index contributed by atoms with van der Waals surface area (Å²) in [5, 5.41) is 18.5. The fourth-order valence-corrected chi connectivity index (χ4v) is 1.91. The third kappa shape index (κ3) is 4.78. The fourth-order valence-electron chi connectivity index (χ4n) is 1.91. The smallest absolute Gasteiger partial charge is 0.163 e. The van der Waals surface area contributed by atoms with E-state index in [1.54, 1.807) is 6.07 Å². The number of phenolic OH excluding ortho intramolecular Hbond substituents is 2. The molecule has 0 aromatic heterocycles. The summed E-state index contributed by atoms with van der Waals surface area (Å²) < 4.78 is 0. The molecule has 0 unspecified atom stereocenters. The zero-order valence-electron chi connectivity index (χ0n) is 11.0. The number of carbonyl (C=O) groups is 1. The SMILES string of the molecule is CCCCCCCCC(=O)c1ccc(O)c(O)c1. The molecule has 0 heterocycles. The molecule has 0 fully saturated rings. The lowest BCUT2D eigenvalue weighted by molar-refractivity contribution is 0.0978. The van der Waals surface area contributed by atoms with E-state index in [-0.39, 0.29) is 17.3 Å². The highest BCUT2D eigenvalue weighted by molar-refractivity contribution is 5.96. The van der Waals surface area contributed by atoms with Crippen LogP contribution in [-0.4, -0.2) is 16.0 Å². The van der Waals surface area contributed by atoms with Gasteiger partial charge in [0.25, 0.3) is 0 Å². The lowest BCUT2D eigenvalue weighted by atomic mass is 10.0. The maximum atomic E-state index is 11.8. The Morgan fingerprint density at radius 1 is 1.00 bits per heavy atom. The van der Waals surface area contributed by atoms with Crippen LogP contribution in [0.15, 0.2) is 18.2 Å². The largest absolute Gasteiger partial charge is 0.504 e. The molecule has 18 heavy (non-hydrogen) atoms. The molecule has 0 amide bonds. The minimum absolute atomic E-state index is 0.0285. The van der Waals surface area contributed by atoms with Crippen LogP contribution in [-0.2, 0) is 0 Å². The molecule has 3 heteroatoms. The fraction of sp³-hybridized carbons (Fsp3) is 0.533. The van der Waals surface area contributed by atoms with Gasteiger partial charge in [0, 0.05) is 12.0 Å². The van der Waals surface area contributed by atoms with Gasteiger partial charge in [-0.1, -0.05) is 39.0 Å². The Bertz CT molecular complexity index is 385. The van der Waals surface area contributed by atoms with Gasteiger partial charge in [0.05, 0.1) is 0 Å². The summed E-state index contributed by atoms with van der Waals surface area (Å²) >= 11 is 0. The van der Waals surface area contributed by atoms with Gasteiger partial charge in [-0.05, 0) is 24.6 Å². The number of hydrogen-bond donors (Lipinski definition) is 2. The standard InChI is InChI=1S/C15H22O3/c1-2-3-4-5-6-7-8-13(16)12-9-10-14(17)15(18)11-12/h9-11,17-18H,2-8H2,1H3. The van der Waals surface area contributed by atoms with E-state index < -0.39 is 0 Å². The molecule has 0 aliphatic heterocycles. The summed E-state index contributed by atoms with van der Waals surface area (Å²) in [6.07, 6.45) is 7.40. The summed E-state index contributed by atoms with van der Waals surface area (Å²) in [6, 6.07) is 4.23. The van der Waals surface area contributed by atoms with Crippen molar-refractivity contribution in [3.8, 4) is 11.5 Å². The second kappa shape index (κ2) is 7.75. The number of Topliss-reactive ketones (excluding diaryl/α,β-unsaturated/α-hetero) is 1. The van der Waals surface area contributed by atoms with Crippen LogP contribution in [0.25, 0.3) is 0 Å². The number of aromatic hydroxyl groups is 2. The van der Waals surface area contributed by atoms with E-state index in [4.69, 9.17) is 5.11 Å². The van der Waals surface area contributed by atoms with Crippen LogP contribution < -0.4 is 0 Å². The van der Waals surface area contributed by atoms with Crippen molar-refractivity contribution in [3.05, 3.63) is 23.8 Å². The topological polar surface area (TPSA) is 57.5 Å². The number of ketones is 1. The molecule has 0 radical (unpaired) electrons. The monoisotopic (exact) mass is 250 g/mol. The van der Waals surface area contributed by atoms with Gasteiger partial charge in [-0.15, -0.1) is 0 Å². The molecule has 0 aliphatic rings. The predicted octanol–water partition coefficient (Wildman–Crippen LogP) is 4.03. The second-order valence-electron chi connectivity index (χ2n) is 4.64. The molecular weight excluding hydrogens is 228 g/mol. The number of unbranched alkanes of at least 4 members (excludes halogenated alkanes) is 5. The van der Waals surface area contributed by atoms with Crippen molar-refractivity contribution in [2.45, 2.75) is 51.9 Å². The summed E-state index contributed by atoms with van der Waals surface area (Å²) in [7, 11) is 0. The van der Waals surface area contributed by atoms with Crippen LogP contribution in [0.2, 0.25) is 0 Å². The van der Waals surface area contributed by atoms with Gasteiger partial charge < -0.3 is 10.2 Å². The van der Waals surface area contributed by atoms with Crippen LogP contribution in [0.3, 0.4) is 0 Å². The molecule has 0 saturated heterocycles. The van der Waals surface area contributed by atoms with Crippen molar-refractivity contribution in [1.82, 2.24) is 0 Å². The van der Waals surface area contributed by atoms with E-state index >= 15 is 0 Å². The van der Waals surface area contributed by atoms with Crippen LogP contribution in [0.5, 0.6) is 11.5 Å². The van der Waals surface area contributed by atoms with Gasteiger partial charge in [-0.3, -0.25) is 4.79 Å². The maximum absolute atomic E-state index is 11.8. The molecule has 2 N–H and O–H groups in total. The lowest BCUT2D eigenvalue weighted by Gasteiger charge is -2.03. The Kier molecular flexibility index (Phi) is 6.26. The van der Waals surface area contributed by atoms with Crippen LogP contribution in [0.1, 0.15) is 62.2 Å².